The molecule has 0 fully saturated rings. The van der Waals surface area contributed by atoms with E-state index in [1.54, 1.807) is 31.5 Å². The standard InChI is InChI=1S/C16H15BrN2O3/c1-21-14-7-6-12(9-15(14)22-2)16(20)19-18-10-11-4-3-5-13(17)8-11/h3-10H,1-2H3,(H,19,20)/b18-10+. The monoisotopic (exact) mass is 362 g/mol. The van der Waals surface area contributed by atoms with Crippen LogP contribution in [0.3, 0.4) is 0 Å². The number of benzene rings is 2. The molecule has 0 saturated heterocycles. The number of carbonyl (C=O) groups is 1. The first-order chi connectivity index (χ1) is 10.6. The van der Waals surface area contributed by atoms with Crippen molar-refractivity contribution in [2.45, 2.75) is 0 Å². The molecule has 0 bridgehead atoms. The molecule has 0 saturated carbocycles. The maximum absolute atomic E-state index is 12.0. The number of nitrogens with one attached hydrogen (secondary N) is 1. The number of ether oxygens (including phenoxy) is 2. The van der Waals surface area contributed by atoms with E-state index in [4.69, 9.17) is 9.47 Å². The summed E-state index contributed by atoms with van der Waals surface area (Å²) >= 11 is 3.37. The van der Waals surface area contributed by atoms with Crippen molar-refractivity contribution >= 4 is 28.1 Å². The van der Waals surface area contributed by atoms with Gasteiger partial charge < -0.3 is 9.47 Å². The molecule has 0 heterocycles. The van der Waals surface area contributed by atoms with Crippen LogP contribution in [0.4, 0.5) is 0 Å². The van der Waals surface area contributed by atoms with E-state index in [1.807, 2.05) is 24.3 Å². The second-order valence-electron chi connectivity index (χ2n) is 4.32. The molecule has 114 valence electrons. The Morgan fingerprint density at radius 1 is 1.14 bits per heavy atom. The SMILES string of the molecule is COc1ccc(C(=O)N/N=C/c2cccc(Br)c2)cc1OC. The van der Waals surface area contributed by atoms with Crippen molar-refractivity contribution in [1.82, 2.24) is 5.43 Å². The van der Waals surface area contributed by atoms with Gasteiger partial charge in [-0.15, -0.1) is 0 Å². The van der Waals surface area contributed by atoms with Crippen LogP contribution in [0.1, 0.15) is 15.9 Å². The van der Waals surface area contributed by atoms with E-state index in [1.165, 1.54) is 7.11 Å². The summed E-state index contributed by atoms with van der Waals surface area (Å²) in [7, 11) is 3.06. The van der Waals surface area contributed by atoms with Gasteiger partial charge in [0, 0.05) is 10.0 Å². The van der Waals surface area contributed by atoms with Gasteiger partial charge in [0.05, 0.1) is 20.4 Å². The predicted molar refractivity (Wildman–Crippen MR) is 88.7 cm³/mol. The summed E-state index contributed by atoms with van der Waals surface area (Å²) in [5.74, 6) is 0.731. The predicted octanol–water partition coefficient (Wildman–Crippen LogP) is 3.23. The number of methoxy groups -OCH3 is 2. The average Bonchev–Trinajstić information content (AvgIpc) is 2.54. The average molecular weight is 363 g/mol. The zero-order chi connectivity index (χ0) is 15.9. The van der Waals surface area contributed by atoms with Crippen molar-refractivity contribution < 1.29 is 14.3 Å². The fourth-order valence-corrected chi connectivity index (χ4v) is 2.21. The molecule has 6 heteroatoms. The molecule has 0 aromatic heterocycles. The van der Waals surface area contributed by atoms with Crippen LogP contribution in [0.25, 0.3) is 0 Å². The molecule has 1 amide bonds. The maximum atomic E-state index is 12.0. The van der Waals surface area contributed by atoms with Gasteiger partial charge in [-0.25, -0.2) is 5.43 Å². The van der Waals surface area contributed by atoms with Crippen LogP contribution in [0, 0.1) is 0 Å². The van der Waals surface area contributed by atoms with Crippen molar-refractivity contribution in [3.05, 3.63) is 58.1 Å². The Bertz CT molecular complexity index is 702. The van der Waals surface area contributed by atoms with E-state index in [-0.39, 0.29) is 5.91 Å². The van der Waals surface area contributed by atoms with Crippen molar-refractivity contribution in [2.24, 2.45) is 5.10 Å². The normalized spacial score (nSPS) is 10.5. The first-order valence-electron chi connectivity index (χ1n) is 6.45. The lowest BCUT2D eigenvalue weighted by Gasteiger charge is -2.08. The molecule has 2 aromatic rings. The van der Waals surface area contributed by atoms with E-state index >= 15 is 0 Å². The molecule has 2 rings (SSSR count). The summed E-state index contributed by atoms with van der Waals surface area (Å²) in [6, 6.07) is 12.5. The van der Waals surface area contributed by atoms with Gasteiger partial charge in [0.1, 0.15) is 0 Å². The highest BCUT2D eigenvalue weighted by Gasteiger charge is 2.09. The van der Waals surface area contributed by atoms with E-state index < -0.39 is 0 Å². The van der Waals surface area contributed by atoms with Gasteiger partial charge >= 0.3 is 0 Å². The van der Waals surface area contributed by atoms with Crippen molar-refractivity contribution in [1.29, 1.82) is 0 Å². The van der Waals surface area contributed by atoms with E-state index in [2.05, 4.69) is 26.5 Å². The van der Waals surface area contributed by atoms with Crippen LogP contribution >= 0.6 is 15.9 Å². The largest absolute Gasteiger partial charge is 0.493 e. The Labute approximate surface area is 137 Å². The molecule has 5 nitrogen and oxygen atoms in total. The smallest absolute Gasteiger partial charge is 0.271 e. The van der Waals surface area contributed by atoms with Crippen molar-refractivity contribution in [3.8, 4) is 11.5 Å². The molecule has 22 heavy (non-hydrogen) atoms. The zero-order valence-electron chi connectivity index (χ0n) is 12.2. The summed E-state index contributed by atoms with van der Waals surface area (Å²) in [5, 5.41) is 3.94. The van der Waals surface area contributed by atoms with Crippen LogP contribution in [0.5, 0.6) is 11.5 Å². The summed E-state index contributed by atoms with van der Waals surface area (Å²) in [5.41, 5.74) is 3.79. The Morgan fingerprint density at radius 2 is 1.91 bits per heavy atom. The first-order valence-corrected chi connectivity index (χ1v) is 7.24. The molecule has 0 spiro atoms. The Morgan fingerprint density at radius 3 is 2.59 bits per heavy atom. The van der Waals surface area contributed by atoms with E-state index in [0.29, 0.717) is 17.1 Å². The molecule has 0 unspecified atom stereocenters. The van der Waals surface area contributed by atoms with Gasteiger partial charge in [-0.1, -0.05) is 28.1 Å². The van der Waals surface area contributed by atoms with Crippen LogP contribution in [0.15, 0.2) is 52.0 Å². The van der Waals surface area contributed by atoms with Gasteiger partial charge in [0.15, 0.2) is 11.5 Å². The molecule has 0 aliphatic rings. The van der Waals surface area contributed by atoms with Crippen LogP contribution in [-0.2, 0) is 0 Å². The number of rotatable bonds is 5. The van der Waals surface area contributed by atoms with Crippen LogP contribution < -0.4 is 14.9 Å². The zero-order valence-corrected chi connectivity index (χ0v) is 13.8. The lowest BCUT2D eigenvalue weighted by Crippen LogP contribution is -2.17. The molecule has 0 aliphatic carbocycles. The minimum Gasteiger partial charge on any atom is -0.493 e. The fourth-order valence-electron chi connectivity index (χ4n) is 1.79. The quantitative estimate of drug-likeness (QED) is 0.656. The number of nitrogens with zero attached hydrogens (tertiary/aromatic N) is 1. The summed E-state index contributed by atoms with van der Waals surface area (Å²) in [6.45, 7) is 0. The Kier molecular flexibility index (Phi) is 5.55. The summed E-state index contributed by atoms with van der Waals surface area (Å²) in [6.07, 6.45) is 1.57. The number of hydrazone groups is 1. The van der Waals surface area contributed by atoms with Gasteiger partial charge in [-0.05, 0) is 35.9 Å². The number of amides is 1. The third kappa shape index (κ3) is 4.08. The molecule has 0 atom stereocenters. The van der Waals surface area contributed by atoms with Gasteiger partial charge in [0.2, 0.25) is 0 Å². The minimum atomic E-state index is -0.327. The lowest BCUT2D eigenvalue weighted by atomic mass is 10.2. The molecule has 0 aliphatic heterocycles. The van der Waals surface area contributed by atoms with Gasteiger partial charge in [0.25, 0.3) is 5.91 Å². The molecular formula is C16H15BrN2O3. The van der Waals surface area contributed by atoms with Crippen molar-refractivity contribution in [3.63, 3.8) is 0 Å². The molecule has 0 radical (unpaired) electrons. The van der Waals surface area contributed by atoms with Crippen LogP contribution in [-0.4, -0.2) is 26.3 Å². The number of halogens is 1. The molecule has 1 N–H and O–H groups in total. The molecule has 2 aromatic carbocycles. The topological polar surface area (TPSA) is 59.9 Å². The van der Waals surface area contributed by atoms with Crippen molar-refractivity contribution in [2.75, 3.05) is 14.2 Å². The number of carbonyl (C=O) groups excluding carboxylic acids is 1. The second-order valence-corrected chi connectivity index (χ2v) is 5.24. The summed E-state index contributed by atoms with van der Waals surface area (Å²) in [4.78, 5) is 12.0. The highest BCUT2D eigenvalue weighted by molar-refractivity contribution is 9.10. The summed E-state index contributed by atoms with van der Waals surface area (Å²) < 4.78 is 11.2. The van der Waals surface area contributed by atoms with Gasteiger partial charge in [-0.3, -0.25) is 4.79 Å². The number of hydrogen-bond acceptors (Lipinski definition) is 4. The van der Waals surface area contributed by atoms with Gasteiger partial charge in [-0.2, -0.15) is 5.10 Å². The Balaban J connectivity index is 2.06. The first kappa shape index (κ1) is 16.0. The third-order valence-electron chi connectivity index (χ3n) is 2.87. The molecular weight excluding hydrogens is 348 g/mol. The minimum absolute atomic E-state index is 0.327. The maximum Gasteiger partial charge on any atom is 0.271 e. The third-order valence-corrected chi connectivity index (χ3v) is 3.37. The fraction of sp³-hybridized carbons (Fsp3) is 0.125. The number of hydrogen-bond donors (Lipinski definition) is 1. The van der Waals surface area contributed by atoms with E-state index in [9.17, 15) is 4.79 Å². The highest BCUT2D eigenvalue weighted by atomic mass is 79.9. The Hall–Kier alpha value is -2.34. The second kappa shape index (κ2) is 7.61. The highest BCUT2D eigenvalue weighted by Crippen LogP contribution is 2.27. The van der Waals surface area contributed by atoms with Crippen LogP contribution in [0.2, 0.25) is 0 Å². The van der Waals surface area contributed by atoms with E-state index in [0.717, 1.165) is 10.0 Å². The lowest BCUT2D eigenvalue weighted by molar-refractivity contribution is 0.0954.